The van der Waals surface area contributed by atoms with Crippen LogP contribution in [0, 0.1) is 0 Å². The van der Waals surface area contributed by atoms with E-state index in [-0.39, 0.29) is 26.7 Å². The highest BCUT2D eigenvalue weighted by molar-refractivity contribution is 9.10. The van der Waals surface area contributed by atoms with Gasteiger partial charge in [0.25, 0.3) is 5.56 Å². The maximum atomic E-state index is 12.0. The highest BCUT2D eigenvalue weighted by Crippen LogP contribution is 2.31. The first kappa shape index (κ1) is 14.5. The van der Waals surface area contributed by atoms with E-state index in [0.717, 1.165) is 15.9 Å². The first-order valence-electron chi connectivity index (χ1n) is 4.86. The van der Waals surface area contributed by atoms with Crippen LogP contribution in [0.15, 0.2) is 26.3 Å². The highest BCUT2D eigenvalue weighted by Gasteiger charge is 2.15. The molecule has 0 unspecified atom stereocenters. The van der Waals surface area contributed by atoms with Crippen molar-refractivity contribution in [2.45, 2.75) is 6.54 Å². The van der Waals surface area contributed by atoms with E-state index in [4.69, 9.17) is 23.2 Å². The van der Waals surface area contributed by atoms with Crippen LogP contribution in [0.5, 0.6) is 0 Å². The van der Waals surface area contributed by atoms with E-state index >= 15 is 0 Å². The molecule has 0 saturated heterocycles. The van der Waals surface area contributed by atoms with E-state index in [1.165, 1.54) is 12.3 Å². The number of rotatable bonds is 3. The Bertz CT molecular complexity index is 765. The van der Waals surface area contributed by atoms with Crippen molar-refractivity contribution in [1.82, 2.24) is 9.55 Å². The average molecular weight is 384 g/mol. The van der Waals surface area contributed by atoms with Gasteiger partial charge in [-0.2, -0.15) is 0 Å². The maximum Gasteiger partial charge on any atom is 0.328 e. The zero-order valence-corrected chi connectivity index (χ0v) is 13.0. The van der Waals surface area contributed by atoms with Crippen molar-refractivity contribution < 1.29 is 4.79 Å². The summed E-state index contributed by atoms with van der Waals surface area (Å²) in [6, 6.07) is 1.45. The smallest absolute Gasteiger partial charge is 0.292 e. The number of hydrogen-bond donors (Lipinski definition) is 1. The molecule has 2 aromatic heterocycles. The third-order valence-corrected chi connectivity index (χ3v) is 4.29. The summed E-state index contributed by atoms with van der Waals surface area (Å²) in [7, 11) is 0. The zero-order valence-electron chi connectivity index (χ0n) is 9.08. The van der Waals surface area contributed by atoms with Crippen molar-refractivity contribution in [3.05, 3.63) is 51.8 Å². The third kappa shape index (κ3) is 3.17. The molecule has 9 heteroatoms. The fraction of sp³-hybridized carbons (Fsp3) is 0.100. The second-order valence-electron chi connectivity index (χ2n) is 3.53. The number of thiophene rings is 1. The number of Topliss-reactive ketones (excluding diaryl/α,β-unsaturated/α-hetero) is 1. The largest absolute Gasteiger partial charge is 0.328 e. The molecule has 0 amide bonds. The monoisotopic (exact) mass is 382 g/mol. The number of nitrogens with one attached hydrogen (secondary N) is 1. The molecule has 0 atom stereocenters. The Morgan fingerprint density at radius 3 is 2.68 bits per heavy atom. The molecule has 0 saturated carbocycles. The predicted octanol–water partition coefficient (Wildman–Crippen LogP) is 2.55. The summed E-state index contributed by atoms with van der Waals surface area (Å²) in [6.45, 7) is -0.235. The van der Waals surface area contributed by atoms with Crippen LogP contribution in [-0.2, 0) is 6.54 Å². The molecule has 0 spiro atoms. The van der Waals surface area contributed by atoms with Crippen LogP contribution < -0.4 is 11.2 Å². The van der Waals surface area contributed by atoms with Crippen LogP contribution in [0.3, 0.4) is 0 Å². The minimum atomic E-state index is -0.668. The van der Waals surface area contributed by atoms with E-state index in [1.54, 1.807) is 0 Å². The normalized spacial score (nSPS) is 10.7. The molecule has 0 aliphatic heterocycles. The van der Waals surface area contributed by atoms with Gasteiger partial charge in [0.15, 0.2) is 5.78 Å². The molecular formula is C10H5BrCl2N2O3S. The number of nitrogens with zero attached hydrogens (tertiary/aromatic N) is 1. The fourth-order valence-corrected chi connectivity index (χ4v) is 3.22. The molecule has 2 rings (SSSR count). The Balaban J connectivity index is 2.34. The molecule has 5 nitrogen and oxygen atoms in total. The lowest BCUT2D eigenvalue weighted by Gasteiger charge is -2.03. The minimum absolute atomic E-state index is 0.161. The van der Waals surface area contributed by atoms with Crippen LogP contribution >= 0.6 is 50.5 Å². The maximum absolute atomic E-state index is 12.0. The summed E-state index contributed by atoms with van der Waals surface area (Å²) < 4.78 is 1.90. The Kier molecular flexibility index (Phi) is 4.29. The number of H-pyrrole nitrogens is 1. The Hall–Kier alpha value is -0.890. The van der Waals surface area contributed by atoms with Crippen molar-refractivity contribution >= 4 is 56.3 Å². The molecular weight excluding hydrogens is 379 g/mol. The first-order chi connectivity index (χ1) is 8.88. The molecule has 0 bridgehead atoms. The number of carbonyl (C=O) groups is 1. The quantitative estimate of drug-likeness (QED) is 0.828. The fourth-order valence-electron chi connectivity index (χ4n) is 1.37. The van der Waals surface area contributed by atoms with Crippen molar-refractivity contribution in [1.29, 1.82) is 0 Å². The van der Waals surface area contributed by atoms with Gasteiger partial charge in [-0.15, -0.1) is 11.3 Å². The highest BCUT2D eigenvalue weighted by atomic mass is 79.9. The molecule has 1 N–H and O–H groups in total. The van der Waals surface area contributed by atoms with Gasteiger partial charge in [-0.25, -0.2) is 4.79 Å². The molecule has 2 aromatic rings. The predicted molar refractivity (Wildman–Crippen MR) is 77.7 cm³/mol. The summed E-state index contributed by atoms with van der Waals surface area (Å²) >= 11 is 15.7. The van der Waals surface area contributed by atoms with Crippen molar-refractivity contribution in [3.8, 4) is 0 Å². The van der Waals surface area contributed by atoms with Crippen molar-refractivity contribution in [2.24, 2.45) is 0 Å². The van der Waals surface area contributed by atoms with E-state index in [9.17, 15) is 14.4 Å². The molecule has 0 radical (unpaired) electrons. The van der Waals surface area contributed by atoms with E-state index in [1.807, 2.05) is 0 Å². The number of ketones is 1. The summed E-state index contributed by atoms with van der Waals surface area (Å²) in [4.78, 5) is 36.8. The Morgan fingerprint density at radius 1 is 1.42 bits per heavy atom. The topological polar surface area (TPSA) is 71.9 Å². The van der Waals surface area contributed by atoms with Gasteiger partial charge >= 0.3 is 5.69 Å². The molecule has 19 heavy (non-hydrogen) atoms. The van der Waals surface area contributed by atoms with Crippen LogP contribution in [-0.4, -0.2) is 15.3 Å². The second-order valence-corrected chi connectivity index (χ2v) is 6.67. The third-order valence-electron chi connectivity index (χ3n) is 2.24. The van der Waals surface area contributed by atoms with E-state index in [2.05, 4.69) is 20.9 Å². The molecule has 0 aromatic carbocycles. The summed E-state index contributed by atoms with van der Waals surface area (Å²) in [5, 5.41) is 0. The van der Waals surface area contributed by atoms with Gasteiger partial charge in [-0.05, 0) is 22.0 Å². The zero-order chi connectivity index (χ0) is 14.2. The van der Waals surface area contributed by atoms with E-state index < -0.39 is 11.2 Å². The number of aromatic amines is 1. The Morgan fingerprint density at radius 2 is 2.11 bits per heavy atom. The average Bonchev–Trinajstić information content (AvgIpc) is 2.65. The van der Waals surface area contributed by atoms with Crippen LogP contribution in [0.2, 0.25) is 8.67 Å². The SMILES string of the molecule is O=C(Cn1cc(Br)c(=O)[nH]c1=O)c1cc(Cl)sc1Cl. The van der Waals surface area contributed by atoms with Gasteiger partial charge in [0.2, 0.25) is 0 Å². The van der Waals surface area contributed by atoms with Crippen LogP contribution in [0.25, 0.3) is 0 Å². The summed E-state index contributed by atoms with van der Waals surface area (Å²) in [5.41, 5.74) is -0.963. The molecule has 0 aliphatic rings. The van der Waals surface area contributed by atoms with Gasteiger partial charge < -0.3 is 0 Å². The van der Waals surface area contributed by atoms with E-state index in [0.29, 0.717) is 4.34 Å². The molecule has 0 aliphatic carbocycles. The van der Waals surface area contributed by atoms with Gasteiger partial charge in [0, 0.05) is 6.20 Å². The summed E-state index contributed by atoms with van der Waals surface area (Å²) in [6.07, 6.45) is 1.25. The molecule has 0 fully saturated rings. The number of aromatic nitrogens is 2. The van der Waals surface area contributed by atoms with Gasteiger partial charge in [0.05, 0.1) is 20.9 Å². The summed E-state index contributed by atoms with van der Waals surface area (Å²) in [5.74, 6) is -0.366. The first-order valence-corrected chi connectivity index (χ1v) is 7.22. The number of carbonyl (C=O) groups excluding carboxylic acids is 1. The standard InChI is InChI=1S/C10H5BrCl2N2O3S/c11-5-2-15(10(18)14-9(5)17)3-6(16)4-1-7(12)19-8(4)13/h1-2H,3H2,(H,14,17,18). The second kappa shape index (κ2) is 5.62. The number of halogens is 3. The minimum Gasteiger partial charge on any atom is -0.292 e. The number of hydrogen-bond acceptors (Lipinski definition) is 4. The van der Waals surface area contributed by atoms with Gasteiger partial charge in [-0.3, -0.25) is 19.1 Å². The van der Waals surface area contributed by atoms with Crippen LogP contribution in [0.4, 0.5) is 0 Å². The van der Waals surface area contributed by atoms with Crippen molar-refractivity contribution in [3.63, 3.8) is 0 Å². The lowest BCUT2D eigenvalue weighted by atomic mass is 10.2. The Labute approximate surface area is 128 Å². The van der Waals surface area contributed by atoms with Crippen molar-refractivity contribution in [2.75, 3.05) is 0 Å². The van der Waals surface area contributed by atoms with Gasteiger partial charge in [0.1, 0.15) is 4.34 Å². The van der Waals surface area contributed by atoms with Gasteiger partial charge in [-0.1, -0.05) is 23.2 Å². The lowest BCUT2D eigenvalue weighted by Crippen LogP contribution is -2.31. The molecule has 2 heterocycles. The molecule has 100 valence electrons. The van der Waals surface area contributed by atoms with Crippen LogP contribution in [0.1, 0.15) is 10.4 Å². The lowest BCUT2D eigenvalue weighted by molar-refractivity contribution is 0.0970.